The minimum absolute atomic E-state index is 0.114. The van der Waals surface area contributed by atoms with Crippen LogP contribution in [0.4, 0.5) is 8.78 Å². The Morgan fingerprint density at radius 1 is 1.27 bits per heavy atom. The maximum atomic E-state index is 13.0. The van der Waals surface area contributed by atoms with Crippen LogP contribution in [0.1, 0.15) is 24.8 Å². The van der Waals surface area contributed by atoms with Gasteiger partial charge in [0.1, 0.15) is 11.6 Å². The smallest absolute Gasteiger partial charge is 0.126 e. The first-order valence-electron chi connectivity index (χ1n) is 4.96. The van der Waals surface area contributed by atoms with Gasteiger partial charge in [0.15, 0.2) is 0 Å². The first kappa shape index (κ1) is 10.1. The lowest BCUT2D eigenvalue weighted by Gasteiger charge is -2.15. The van der Waals surface area contributed by atoms with Crippen LogP contribution in [0, 0.1) is 11.6 Å². The molecule has 2 unspecified atom stereocenters. The van der Waals surface area contributed by atoms with E-state index in [4.69, 9.17) is 0 Å². The molecule has 0 saturated carbocycles. The first-order valence-corrected chi connectivity index (χ1v) is 4.96. The number of hydrogen-bond donors (Lipinski definition) is 1. The van der Waals surface area contributed by atoms with Crippen molar-refractivity contribution < 1.29 is 8.78 Å². The minimum atomic E-state index is -0.519. The summed E-state index contributed by atoms with van der Waals surface area (Å²) < 4.78 is 26.0. The lowest BCUT2D eigenvalue weighted by Crippen LogP contribution is -2.20. The van der Waals surface area contributed by atoms with Crippen LogP contribution in [-0.2, 0) is 0 Å². The Hall–Kier alpha value is -1.38. The van der Waals surface area contributed by atoms with Crippen molar-refractivity contribution in [2.45, 2.75) is 25.3 Å². The SMILES string of the molecule is C=C1CC(c2cc(F)cc(F)c2)C(C)N1. The van der Waals surface area contributed by atoms with Gasteiger partial charge in [-0.2, -0.15) is 0 Å². The number of allylic oxidation sites excluding steroid dienone is 1. The minimum Gasteiger partial charge on any atom is -0.386 e. The average Bonchev–Trinajstić information content (AvgIpc) is 2.43. The summed E-state index contributed by atoms with van der Waals surface area (Å²) >= 11 is 0. The summed E-state index contributed by atoms with van der Waals surface area (Å²) in [4.78, 5) is 0. The van der Waals surface area contributed by atoms with E-state index >= 15 is 0 Å². The van der Waals surface area contributed by atoms with E-state index in [1.165, 1.54) is 12.1 Å². The van der Waals surface area contributed by atoms with Crippen LogP contribution in [0.15, 0.2) is 30.5 Å². The van der Waals surface area contributed by atoms with Crippen molar-refractivity contribution in [1.82, 2.24) is 5.32 Å². The normalized spacial score (nSPS) is 25.4. The van der Waals surface area contributed by atoms with Crippen molar-refractivity contribution in [3.63, 3.8) is 0 Å². The fraction of sp³-hybridized carbons (Fsp3) is 0.333. The Kier molecular flexibility index (Phi) is 2.47. The number of nitrogens with one attached hydrogen (secondary N) is 1. The van der Waals surface area contributed by atoms with Crippen LogP contribution in [0.3, 0.4) is 0 Å². The predicted molar refractivity (Wildman–Crippen MR) is 55.5 cm³/mol. The molecule has 3 heteroatoms. The fourth-order valence-electron chi connectivity index (χ4n) is 2.12. The Labute approximate surface area is 87.8 Å². The van der Waals surface area contributed by atoms with Gasteiger partial charge in [-0.15, -0.1) is 0 Å². The summed E-state index contributed by atoms with van der Waals surface area (Å²) in [6, 6.07) is 3.86. The van der Waals surface area contributed by atoms with Gasteiger partial charge < -0.3 is 5.32 Å². The van der Waals surface area contributed by atoms with E-state index in [1.807, 2.05) is 6.92 Å². The van der Waals surface area contributed by atoms with Gasteiger partial charge in [-0.05, 0) is 31.0 Å². The van der Waals surface area contributed by atoms with Gasteiger partial charge in [0, 0.05) is 23.7 Å². The quantitative estimate of drug-likeness (QED) is 0.749. The first-order chi connectivity index (χ1) is 7.06. The summed E-state index contributed by atoms with van der Waals surface area (Å²) in [5.74, 6) is -0.924. The molecule has 1 fully saturated rings. The highest BCUT2D eigenvalue weighted by molar-refractivity contribution is 5.27. The zero-order valence-electron chi connectivity index (χ0n) is 8.56. The molecule has 2 rings (SSSR count). The molecule has 0 aromatic heterocycles. The van der Waals surface area contributed by atoms with Crippen molar-refractivity contribution >= 4 is 0 Å². The molecule has 1 saturated heterocycles. The van der Waals surface area contributed by atoms with Crippen LogP contribution < -0.4 is 5.32 Å². The topological polar surface area (TPSA) is 12.0 Å². The van der Waals surface area contributed by atoms with Crippen molar-refractivity contribution in [3.8, 4) is 0 Å². The van der Waals surface area contributed by atoms with Gasteiger partial charge in [0.25, 0.3) is 0 Å². The molecule has 2 atom stereocenters. The monoisotopic (exact) mass is 209 g/mol. The van der Waals surface area contributed by atoms with Gasteiger partial charge in [-0.3, -0.25) is 0 Å². The van der Waals surface area contributed by atoms with E-state index in [0.29, 0.717) is 5.56 Å². The highest BCUT2D eigenvalue weighted by Crippen LogP contribution is 2.32. The van der Waals surface area contributed by atoms with E-state index in [2.05, 4.69) is 11.9 Å². The Morgan fingerprint density at radius 3 is 2.33 bits per heavy atom. The fourth-order valence-corrected chi connectivity index (χ4v) is 2.12. The molecule has 0 aliphatic carbocycles. The van der Waals surface area contributed by atoms with E-state index in [-0.39, 0.29) is 12.0 Å². The number of rotatable bonds is 1. The van der Waals surface area contributed by atoms with Crippen molar-refractivity contribution in [3.05, 3.63) is 47.7 Å². The standard InChI is InChI=1S/C12H13F2N/c1-7-3-12(8(2)15-7)9-4-10(13)6-11(14)5-9/h4-6,8,12,15H,1,3H2,2H3. The predicted octanol–water partition coefficient (Wildman–Crippen LogP) is 2.94. The molecule has 1 heterocycles. The van der Waals surface area contributed by atoms with E-state index < -0.39 is 11.6 Å². The molecule has 1 nitrogen and oxygen atoms in total. The number of hydrogen-bond acceptors (Lipinski definition) is 1. The molecular formula is C12H13F2N. The highest BCUT2D eigenvalue weighted by atomic mass is 19.1. The van der Waals surface area contributed by atoms with E-state index in [1.54, 1.807) is 0 Å². The largest absolute Gasteiger partial charge is 0.386 e. The Balaban J connectivity index is 2.33. The second kappa shape index (κ2) is 3.65. The molecule has 0 spiro atoms. The third-order valence-corrected chi connectivity index (χ3v) is 2.81. The van der Waals surface area contributed by atoms with Crippen LogP contribution in [0.25, 0.3) is 0 Å². The van der Waals surface area contributed by atoms with Gasteiger partial charge in [0.05, 0.1) is 0 Å². The molecule has 1 N–H and O–H groups in total. The van der Waals surface area contributed by atoms with E-state index in [0.717, 1.165) is 18.2 Å². The molecule has 1 aromatic carbocycles. The molecule has 1 aliphatic rings. The van der Waals surface area contributed by atoms with Gasteiger partial charge in [0.2, 0.25) is 0 Å². The number of halogens is 2. The Morgan fingerprint density at radius 2 is 1.87 bits per heavy atom. The van der Waals surface area contributed by atoms with Gasteiger partial charge in [-0.25, -0.2) is 8.78 Å². The van der Waals surface area contributed by atoms with E-state index in [9.17, 15) is 8.78 Å². The zero-order valence-corrected chi connectivity index (χ0v) is 8.56. The Bertz CT molecular complexity index is 380. The molecule has 0 bridgehead atoms. The summed E-state index contributed by atoms with van der Waals surface area (Å²) in [6.07, 6.45) is 0.740. The maximum Gasteiger partial charge on any atom is 0.126 e. The summed E-state index contributed by atoms with van der Waals surface area (Å²) in [6.45, 7) is 5.82. The van der Waals surface area contributed by atoms with Gasteiger partial charge in [-0.1, -0.05) is 6.58 Å². The van der Waals surface area contributed by atoms with Crippen molar-refractivity contribution in [2.24, 2.45) is 0 Å². The summed E-state index contributed by atoms with van der Waals surface area (Å²) in [5.41, 5.74) is 1.63. The second-order valence-corrected chi connectivity index (χ2v) is 4.05. The maximum absolute atomic E-state index is 13.0. The second-order valence-electron chi connectivity index (χ2n) is 4.05. The summed E-state index contributed by atoms with van der Waals surface area (Å²) in [7, 11) is 0. The van der Waals surface area contributed by atoms with Crippen LogP contribution >= 0.6 is 0 Å². The molecule has 80 valence electrons. The molecule has 1 aromatic rings. The zero-order chi connectivity index (χ0) is 11.0. The average molecular weight is 209 g/mol. The van der Waals surface area contributed by atoms with Gasteiger partial charge >= 0.3 is 0 Å². The van der Waals surface area contributed by atoms with Crippen molar-refractivity contribution in [1.29, 1.82) is 0 Å². The molecule has 1 aliphatic heterocycles. The molecular weight excluding hydrogens is 196 g/mol. The van der Waals surface area contributed by atoms with Crippen LogP contribution in [-0.4, -0.2) is 6.04 Å². The molecule has 0 radical (unpaired) electrons. The van der Waals surface area contributed by atoms with Crippen LogP contribution in [0.5, 0.6) is 0 Å². The highest BCUT2D eigenvalue weighted by Gasteiger charge is 2.27. The third-order valence-electron chi connectivity index (χ3n) is 2.81. The third kappa shape index (κ3) is 2.01. The molecule has 15 heavy (non-hydrogen) atoms. The number of benzene rings is 1. The molecule has 0 amide bonds. The lowest BCUT2D eigenvalue weighted by molar-refractivity contribution is 0.557. The lowest BCUT2D eigenvalue weighted by atomic mass is 9.92. The van der Waals surface area contributed by atoms with Crippen LogP contribution in [0.2, 0.25) is 0 Å². The van der Waals surface area contributed by atoms with Crippen molar-refractivity contribution in [2.75, 3.05) is 0 Å². The summed E-state index contributed by atoms with van der Waals surface area (Å²) in [5, 5.41) is 3.16.